The number of fused-ring (bicyclic) bond motifs is 1. The van der Waals surface area contributed by atoms with E-state index in [1.165, 1.54) is 0 Å². The highest BCUT2D eigenvalue weighted by Gasteiger charge is 2.26. The molecule has 5 N–H and O–H groups in total. The number of nitrogens with two attached hydrogens (primary N) is 1. The number of carboxylic acid groups (broad SMARTS) is 1. The average Bonchev–Trinajstić information content (AvgIpc) is 2.60. The zero-order valence-electron chi connectivity index (χ0n) is 8.68. The Morgan fingerprint density at radius 1 is 1.62 bits per heavy atom. The van der Waals surface area contributed by atoms with Crippen molar-refractivity contribution < 1.29 is 15.0 Å². The van der Waals surface area contributed by atoms with Crippen LogP contribution in [0.1, 0.15) is 17.9 Å². The average molecular weight is 222 g/mol. The minimum atomic E-state index is -0.979. The van der Waals surface area contributed by atoms with Gasteiger partial charge in [0.15, 0.2) is 0 Å². The molecule has 0 saturated heterocycles. The van der Waals surface area contributed by atoms with Crippen molar-refractivity contribution in [3.63, 3.8) is 0 Å². The lowest BCUT2D eigenvalue weighted by atomic mass is 9.94. The van der Waals surface area contributed by atoms with Gasteiger partial charge in [-0.1, -0.05) is 6.07 Å². The summed E-state index contributed by atoms with van der Waals surface area (Å²) in [5.41, 5.74) is 7.39. The highest BCUT2D eigenvalue weighted by atomic mass is 16.4. The summed E-state index contributed by atoms with van der Waals surface area (Å²) in [7, 11) is 0. The largest absolute Gasteiger partial charge is 0.508 e. The van der Waals surface area contributed by atoms with Crippen LogP contribution in [0.5, 0.6) is 5.75 Å². The summed E-state index contributed by atoms with van der Waals surface area (Å²) in [5, 5.41) is 21.2. The van der Waals surface area contributed by atoms with Gasteiger partial charge in [0.1, 0.15) is 11.8 Å². The second kappa shape index (κ2) is 4.02. The Labute approximate surface area is 92.9 Å². The molecule has 0 bridgehead atoms. The number of hydrogen-bond donors (Lipinski definition) is 4. The van der Waals surface area contributed by atoms with Gasteiger partial charge in [0, 0.05) is 24.2 Å². The third kappa shape index (κ3) is 1.94. The van der Waals surface area contributed by atoms with Crippen molar-refractivity contribution in [3.05, 3.63) is 23.8 Å². The number of aliphatic carboxylic acids is 1. The van der Waals surface area contributed by atoms with E-state index >= 15 is 0 Å². The molecule has 16 heavy (non-hydrogen) atoms. The molecule has 5 heteroatoms. The number of hydrogen-bond acceptors (Lipinski definition) is 4. The van der Waals surface area contributed by atoms with Crippen LogP contribution in [-0.2, 0) is 4.79 Å². The first-order valence-electron chi connectivity index (χ1n) is 5.13. The molecule has 0 aliphatic carbocycles. The van der Waals surface area contributed by atoms with E-state index in [1.807, 2.05) is 6.07 Å². The van der Waals surface area contributed by atoms with Gasteiger partial charge in [0.2, 0.25) is 0 Å². The summed E-state index contributed by atoms with van der Waals surface area (Å²) in [4.78, 5) is 10.7. The van der Waals surface area contributed by atoms with Crippen LogP contribution < -0.4 is 11.1 Å². The zero-order chi connectivity index (χ0) is 11.7. The maximum absolute atomic E-state index is 10.7. The summed E-state index contributed by atoms with van der Waals surface area (Å²) in [5.74, 6) is -0.677. The fraction of sp³-hybridized carbons (Fsp3) is 0.364. The van der Waals surface area contributed by atoms with Crippen LogP contribution in [0.4, 0.5) is 5.69 Å². The van der Waals surface area contributed by atoms with E-state index in [9.17, 15) is 9.90 Å². The number of nitrogens with one attached hydrogen (secondary N) is 1. The SMILES string of the molecule is N[C@@H](C[C@@H]1CNc2cc(O)ccc21)C(=O)O. The number of aromatic hydroxyl groups is 1. The maximum atomic E-state index is 10.7. The number of anilines is 1. The molecule has 0 spiro atoms. The van der Waals surface area contributed by atoms with Crippen molar-refractivity contribution in [1.29, 1.82) is 0 Å². The molecule has 0 unspecified atom stereocenters. The van der Waals surface area contributed by atoms with E-state index in [0.29, 0.717) is 13.0 Å². The van der Waals surface area contributed by atoms with Crippen molar-refractivity contribution >= 4 is 11.7 Å². The first-order chi connectivity index (χ1) is 7.58. The molecule has 1 aromatic carbocycles. The van der Waals surface area contributed by atoms with Gasteiger partial charge in [-0.3, -0.25) is 4.79 Å². The lowest BCUT2D eigenvalue weighted by Gasteiger charge is -2.13. The molecular formula is C11H14N2O3. The van der Waals surface area contributed by atoms with Crippen molar-refractivity contribution in [2.45, 2.75) is 18.4 Å². The molecule has 2 rings (SSSR count). The molecule has 0 aromatic heterocycles. The molecule has 5 nitrogen and oxygen atoms in total. The molecule has 0 saturated carbocycles. The summed E-state index contributed by atoms with van der Waals surface area (Å²) in [6, 6.07) is 4.21. The lowest BCUT2D eigenvalue weighted by Crippen LogP contribution is -2.32. The summed E-state index contributed by atoms with van der Waals surface area (Å²) in [6.07, 6.45) is 0.403. The van der Waals surface area contributed by atoms with E-state index in [4.69, 9.17) is 10.8 Å². The van der Waals surface area contributed by atoms with Gasteiger partial charge in [-0.05, 0) is 18.1 Å². The number of carboxylic acids is 1. The monoisotopic (exact) mass is 222 g/mol. The molecule has 86 valence electrons. The van der Waals surface area contributed by atoms with E-state index in [2.05, 4.69) is 5.32 Å². The minimum absolute atomic E-state index is 0.0988. The fourth-order valence-electron chi connectivity index (χ4n) is 2.01. The van der Waals surface area contributed by atoms with Crippen LogP contribution in [-0.4, -0.2) is 28.8 Å². The number of phenolic OH excluding ortho intramolecular Hbond substituents is 1. The van der Waals surface area contributed by atoms with Gasteiger partial charge in [-0.15, -0.1) is 0 Å². The predicted molar refractivity (Wildman–Crippen MR) is 59.6 cm³/mol. The van der Waals surface area contributed by atoms with Gasteiger partial charge in [0.05, 0.1) is 0 Å². The van der Waals surface area contributed by atoms with Crippen molar-refractivity contribution in [3.8, 4) is 5.75 Å². The molecule has 0 amide bonds. The quantitative estimate of drug-likeness (QED) is 0.604. The number of benzene rings is 1. The third-order valence-corrected chi connectivity index (χ3v) is 2.87. The second-order valence-corrected chi connectivity index (χ2v) is 4.03. The van der Waals surface area contributed by atoms with Crippen molar-refractivity contribution in [2.24, 2.45) is 5.73 Å². The maximum Gasteiger partial charge on any atom is 0.320 e. The fourth-order valence-corrected chi connectivity index (χ4v) is 2.01. The van der Waals surface area contributed by atoms with Crippen LogP contribution in [0.2, 0.25) is 0 Å². The normalized spacial score (nSPS) is 19.9. The first kappa shape index (κ1) is 10.8. The van der Waals surface area contributed by atoms with Crippen LogP contribution in [0.15, 0.2) is 18.2 Å². The smallest absolute Gasteiger partial charge is 0.320 e. The van der Waals surface area contributed by atoms with Crippen LogP contribution >= 0.6 is 0 Å². The number of phenols is 1. The van der Waals surface area contributed by atoms with Crippen LogP contribution in [0.25, 0.3) is 0 Å². The molecule has 2 atom stereocenters. The topological polar surface area (TPSA) is 95.6 Å². The Morgan fingerprint density at radius 3 is 3.06 bits per heavy atom. The van der Waals surface area contributed by atoms with E-state index < -0.39 is 12.0 Å². The van der Waals surface area contributed by atoms with Gasteiger partial charge in [0.25, 0.3) is 0 Å². The molecule has 1 aliphatic heterocycles. The highest BCUT2D eigenvalue weighted by Crippen LogP contribution is 2.36. The van der Waals surface area contributed by atoms with E-state index in [1.54, 1.807) is 12.1 Å². The Hall–Kier alpha value is -1.75. The van der Waals surface area contributed by atoms with E-state index in [0.717, 1.165) is 11.3 Å². The van der Waals surface area contributed by atoms with Crippen molar-refractivity contribution in [2.75, 3.05) is 11.9 Å². The number of carbonyl (C=O) groups is 1. The summed E-state index contributed by atoms with van der Waals surface area (Å²) in [6.45, 7) is 0.666. The van der Waals surface area contributed by atoms with Crippen molar-refractivity contribution in [1.82, 2.24) is 0 Å². The van der Waals surface area contributed by atoms with Gasteiger partial charge in [-0.2, -0.15) is 0 Å². The lowest BCUT2D eigenvalue weighted by molar-refractivity contribution is -0.138. The van der Waals surface area contributed by atoms with Gasteiger partial charge >= 0.3 is 5.97 Å². The van der Waals surface area contributed by atoms with E-state index in [-0.39, 0.29) is 11.7 Å². The molecule has 1 heterocycles. The van der Waals surface area contributed by atoms with Crippen LogP contribution in [0, 0.1) is 0 Å². The predicted octanol–water partition coefficient (Wildman–Crippen LogP) is 0.703. The molecule has 0 fully saturated rings. The zero-order valence-corrected chi connectivity index (χ0v) is 8.68. The Bertz CT molecular complexity index is 420. The summed E-state index contributed by atoms with van der Waals surface area (Å²) < 4.78 is 0. The van der Waals surface area contributed by atoms with Gasteiger partial charge in [-0.25, -0.2) is 0 Å². The molecule has 1 aliphatic rings. The van der Waals surface area contributed by atoms with Crippen LogP contribution in [0.3, 0.4) is 0 Å². The molecular weight excluding hydrogens is 208 g/mol. The van der Waals surface area contributed by atoms with Gasteiger partial charge < -0.3 is 21.3 Å². The molecule has 0 radical (unpaired) electrons. The number of rotatable bonds is 3. The Kier molecular flexibility index (Phi) is 2.70. The second-order valence-electron chi connectivity index (χ2n) is 4.03. The highest BCUT2D eigenvalue weighted by molar-refractivity contribution is 5.73. The third-order valence-electron chi connectivity index (χ3n) is 2.87. The standard InChI is InChI=1S/C11H14N2O3/c12-9(11(15)16)3-6-5-13-10-4-7(14)1-2-8(6)10/h1-2,4,6,9,13-14H,3,5,12H2,(H,15,16)/t6-,9+/m1/s1. The Morgan fingerprint density at radius 2 is 2.38 bits per heavy atom. The Balaban J connectivity index is 2.15. The first-order valence-corrected chi connectivity index (χ1v) is 5.13. The molecule has 1 aromatic rings. The summed E-state index contributed by atoms with van der Waals surface area (Å²) >= 11 is 0. The minimum Gasteiger partial charge on any atom is -0.508 e.